The zero-order valence-corrected chi connectivity index (χ0v) is 12.4. The van der Waals surface area contributed by atoms with Crippen molar-refractivity contribution in [3.05, 3.63) is 48.3 Å². The van der Waals surface area contributed by atoms with Gasteiger partial charge in [0.1, 0.15) is 0 Å². The molecule has 0 aliphatic heterocycles. The number of carbonyl (C=O) groups excluding carboxylic acids is 2. The molecule has 2 aromatic rings. The number of hydrogen-bond acceptors (Lipinski definition) is 4. The van der Waals surface area contributed by atoms with Crippen molar-refractivity contribution in [1.29, 1.82) is 0 Å². The molecular weight excluding hydrogens is 284 g/mol. The van der Waals surface area contributed by atoms with Crippen LogP contribution in [-0.2, 0) is 9.53 Å². The van der Waals surface area contributed by atoms with Gasteiger partial charge in [0.2, 0.25) is 0 Å². The molecule has 0 aliphatic carbocycles. The van der Waals surface area contributed by atoms with Gasteiger partial charge in [-0.2, -0.15) is 5.10 Å². The van der Waals surface area contributed by atoms with Crippen LogP contribution in [0.3, 0.4) is 0 Å². The third-order valence-corrected chi connectivity index (χ3v) is 3.27. The minimum atomic E-state index is -0.525. The maximum atomic E-state index is 12.1. The van der Waals surface area contributed by atoms with E-state index in [1.165, 1.54) is 13.3 Å². The van der Waals surface area contributed by atoms with E-state index in [0.717, 1.165) is 5.56 Å². The molecule has 2 atom stereocenters. The highest BCUT2D eigenvalue weighted by atomic mass is 16.5. The number of nitrogens with one attached hydrogen (secondary N) is 3. The number of benzene rings is 1. The third kappa shape index (κ3) is 3.85. The largest absolute Gasteiger partial charge is 0.469 e. The highest BCUT2D eigenvalue weighted by Gasteiger charge is 2.27. The third-order valence-electron chi connectivity index (χ3n) is 3.27. The van der Waals surface area contributed by atoms with Gasteiger partial charge in [-0.25, -0.2) is 4.79 Å². The summed E-state index contributed by atoms with van der Waals surface area (Å²) < 4.78 is 4.78. The van der Waals surface area contributed by atoms with Gasteiger partial charge in [-0.3, -0.25) is 9.89 Å². The molecule has 0 fully saturated rings. The molecule has 116 valence electrons. The van der Waals surface area contributed by atoms with Gasteiger partial charge in [-0.15, -0.1) is 0 Å². The Morgan fingerprint density at radius 1 is 1.27 bits per heavy atom. The van der Waals surface area contributed by atoms with Gasteiger partial charge in [0.15, 0.2) is 0 Å². The Kier molecular flexibility index (Phi) is 5.13. The van der Waals surface area contributed by atoms with Crippen LogP contribution >= 0.6 is 0 Å². The fourth-order valence-electron chi connectivity index (χ4n) is 2.11. The molecule has 22 heavy (non-hydrogen) atoms. The lowest BCUT2D eigenvalue weighted by molar-refractivity contribution is -0.145. The van der Waals surface area contributed by atoms with Crippen LogP contribution < -0.4 is 10.6 Å². The summed E-state index contributed by atoms with van der Waals surface area (Å²) in [6.45, 7) is 1.71. The Hall–Kier alpha value is -2.83. The van der Waals surface area contributed by atoms with E-state index in [4.69, 9.17) is 4.74 Å². The number of H-pyrrole nitrogens is 1. The molecular formula is C15H18N4O3. The molecule has 0 saturated carbocycles. The number of ether oxygens (including phenoxy) is 1. The van der Waals surface area contributed by atoms with Crippen molar-refractivity contribution in [2.75, 3.05) is 12.4 Å². The van der Waals surface area contributed by atoms with Crippen molar-refractivity contribution in [3.8, 4) is 0 Å². The second-order valence-corrected chi connectivity index (χ2v) is 4.79. The normalized spacial score (nSPS) is 13.0. The number of hydrogen-bond donors (Lipinski definition) is 3. The standard InChI is InChI=1S/C15H18N4O3/c1-10(14(20)22-2)13(11-6-4-3-5-7-11)19-15(21)18-12-8-16-17-9-12/h3-10,13H,1-2H3,(H,16,17)(H2,18,19,21)/t10-,13+/m0/s1. The van der Waals surface area contributed by atoms with Crippen LogP contribution in [0.5, 0.6) is 0 Å². The fraction of sp³-hybridized carbons (Fsp3) is 0.267. The maximum Gasteiger partial charge on any atom is 0.319 e. The molecule has 0 bridgehead atoms. The van der Waals surface area contributed by atoms with Crippen molar-refractivity contribution in [1.82, 2.24) is 15.5 Å². The lowest BCUT2D eigenvalue weighted by Gasteiger charge is -2.24. The van der Waals surface area contributed by atoms with Gasteiger partial charge < -0.3 is 15.4 Å². The van der Waals surface area contributed by atoms with E-state index in [2.05, 4.69) is 20.8 Å². The molecule has 1 aromatic heterocycles. The molecule has 7 heteroatoms. The quantitative estimate of drug-likeness (QED) is 0.737. The van der Waals surface area contributed by atoms with E-state index in [-0.39, 0.29) is 0 Å². The SMILES string of the molecule is COC(=O)[C@@H](C)[C@@H](NC(=O)Nc1cn[nH]c1)c1ccccc1. The first-order chi connectivity index (χ1) is 10.6. The summed E-state index contributed by atoms with van der Waals surface area (Å²) in [6, 6.07) is 8.34. The summed E-state index contributed by atoms with van der Waals surface area (Å²) in [6.07, 6.45) is 3.04. The van der Waals surface area contributed by atoms with Gasteiger partial charge in [0.25, 0.3) is 0 Å². The van der Waals surface area contributed by atoms with Crippen molar-refractivity contribution in [3.63, 3.8) is 0 Å². The maximum absolute atomic E-state index is 12.1. The number of esters is 1. The summed E-state index contributed by atoms with van der Waals surface area (Å²) in [5.74, 6) is -0.917. The van der Waals surface area contributed by atoms with Crippen LogP contribution in [0.1, 0.15) is 18.5 Å². The minimum absolute atomic E-state index is 0.391. The zero-order chi connectivity index (χ0) is 15.9. The average molecular weight is 302 g/mol. The predicted molar refractivity (Wildman–Crippen MR) is 81.1 cm³/mol. The van der Waals surface area contributed by atoms with Crippen molar-refractivity contribution in [2.24, 2.45) is 5.92 Å². The number of amides is 2. The molecule has 0 spiro atoms. The number of nitrogens with zero attached hydrogens (tertiary/aromatic N) is 1. The molecule has 7 nitrogen and oxygen atoms in total. The average Bonchev–Trinajstić information content (AvgIpc) is 3.05. The van der Waals surface area contributed by atoms with Crippen LogP contribution in [0, 0.1) is 5.92 Å². The van der Waals surface area contributed by atoms with E-state index < -0.39 is 24.0 Å². The first-order valence-electron chi connectivity index (χ1n) is 6.81. The minimum Gasteiger partial charge on any atom is -0.469 e. The number of anilines is 1. The Labute approximate surface area is 128 Å². The van der Waals surface area contributed by atoms with Crippen LogP contribution in [0.25, 0.3) is 0 Å². The lowest BCUT2D eigenvalue weighted by atomic mass is 9.94. The Balaban J connectivity index is 2.14. The smallest absolute Gasteiger partial charge is 0.319 e. The van der Waals surface area contributed by atoms with Crippen molar-refractivity contribution < 1.29 is 14.3 Å². The number of urea groups is 1. The fourth-order valence-corrected chi connectivity index (χ4v) is 2.11. The number of aromatic amines is 1. The zero-order valence-electron chi connectivity index (χ0n) is 12.4. The Morgan fingerprint density at radius 2 is 2.00 bits per heavy atom. The summed E-state index contributed by atoms with van der Waals surface area (Å²) in [7, 11) is 1.33. The van der Waals surface area contributed by atoms with Crippen LogP contribution in [0.2, 0.25) is 0 Å². The summed E-state index contributed by atoms with van der Waals surface area (Å²) in [4.78, 5) is 23.9. The topological polar surface area (TPSA) is 96.1 Å². The molecule has 0 unspecified atom stereocenters. The number of rotatable bonds is 5. The summed E-state index contributed by atoms with van der Waals surface area (Å²) in [5, 5.41) is 11.8. The molecule has 1 aromatic carbocycles. The number of carbonyl (C=O) groups is 2. The Morgan fingerprint density at radius 3 is 2.59 bits per heavy atom. The molecule has 2 rings (SSSR count). The van der Waals surface area contributed by atoms with Gasteiger partial charge in [0.05, 0.1) is 31.0 Å². The van der Waals surface area contributed by atoms with E-state index in [1.807, 2.05) is 30.3 Å². The van der Waals surface area contributed by atoms with E-state index in [9.17, 15) is 9.59 Å². The molecule has 2 amide bonds. The van der Waals surface area contributed by atoms with Crippen LogP contribution in [0.15, 0.2) is 42.7 Å². The van der Waals surface area contributed by atoms with Gasteiger partial charge in [-0.05, 0) is 12.5 Å². The molecule has 0 aliphatic rings. The first-order valence-corrected chi connectivity index (χ1v) is 6.81. The summed E-state index contributed by atoms with van der Waals surface area (Å²) in [5.41, 5.74) is 1.36. The second-order valence-electron chi connectivity index (χ2n) is 4.79. The molecule has 3 N–H and O–H groups in total. The van der Waals surface area contributed by atoms with Crippen molar-refractivity contribution in [2.45, 2.75) is 13.0 Å². The number of methoxy groups -OCH3 is 1. The number of aromatic nitrogens is 2. The van der Waals surface area contributed by atoms with E-state index in [0.29, 0.717) is 5.69 Å². The summed E-state index contributed by atoms with van der Waals surface area (Å²) >= 11 is 0. The highest BCUT2D eigenvalue weighted by Crippen LogP contribution is 2.23. The highest BCUT2D eigenvalue weighted by molar-refractivity contribution is 5.89. The van der Waals surface area contributed by atoms with Gasteiger partial charge in [-0.1, -0.05) is 30.3 Å². The second kappa shape index (κ2) is 7.26. The van der Waals surface area contributed by atoms with Crippen molar-refractivity contribution >= 4 is 17.7 Å². The first kappa shape index (κ1) is 15.6. The predicted octanol–water partition coefficient (Wildman–Crippen LogP) is 2.08. The van der Waals surface area contributed by atoms with E-state index in [1.54, 1.807) is 13.1 Å². The Bertz CT molecular complexity index is 613. The lowest BCUT2D eigenvalue weighted by Crippen LogP contribution is -2.38. The molecule has 0 radical (unpaired) electrons. The molecule has 0 saturated heterocycles. The van der Waals surface area contributed by atoms with Gasteiger partial charge >= 0.3 is 12.0 Å². The van der Waals surface area contributed by atoms with Gasteiger partial charge in [0, 0.05) is 6.20 Å². The van der Waals surface area contributed by atoms with E-state index >= 15 is 0 Å². The van der Waals surface area contributed by atoms with Crippen LogP contribution in [0.4, 0.5) is 10.5 Å². The van der Waals surface area contributed by atoms with Crippen LogP contribution in [-0.4, -0.2) is 29.3 Å². The molecule has 1 heterocycles. The monoisotopic (exact) mass is 302 g/mol.